The largest absolute Gasteiger partial charge is 0.493 e. The van der Waals surface area contributed by atoms with Crippen LogP contribution in [0.2, 0.25) is 0 Å². The molecule has 5 nitrogen and oxygen atoms in total. The number of likely N-dealkylation sites (tertiary alicyclic amines) is 1. The molecule has 3 rings (SSSR count). The summed E-state index contributed by atoms with van der Waals surface area (Å²) >= 11 is 0. The monoisotopic (exact) mass is 317 g/mol. The van der Waals surface area contributed by atoms with E-state index in [9.17, 15) is 4.79 Å². The van der Waals surface area contributed by atoms with E-state index in [2.05, 4.69) is 0 Å². The summed E-state index contributed by atoms with van der Waals surface area (Å²) in [5.74, 6) is 1.47. The molecule has 0 aromatic heterocycles. The molecule has 23 heavy (non-hydrogen) atoms. The number of methoxy groups -OCH3 is 1. The number of piperidine rings is 1. The molecule has 1 aromatic carbocycles. The fraction of sp³-hybridized carbons (Fsp3) is 0.500. The SMILES string of the molecule is CCOC1CCN(C(=O)C2=Cc3cccc(OC)c3OC2)CC1. The van der Waals surface area contributed by atoms with Crippen molar-refractivity contribution in [1.29, 1.82) is 0 Å². The summed E-state index contributed by atoms with van der Waals surface area (Å²) in [6, 6.07) is 5.70. The predicted molar refractivity (Wildman–Crippen MR) is 87.7 cm³/mol. The van der Waals surface area contributed by atoms with Crippen LogP contribution in [0.1, 0.15) is 25.3 Å². The summed E-state index contributed by atoms with van der Waals surface area (Å²) in [6.07, 6.45) is 4.00. The minimum Gasteiger partial charge on any atom is -0.493 e. The molecule has 1 fully saturated rings. The zero-order valence-corrected chi connectivity index (χ0v) is 13.7. The molecule has 0 bridgehead atoms. The molecule has 2 aliphatic rings. The summed E-state index contributed by atoms with van der Waals surface area (Å²) in [5, 5.41) is 0. The summed E-state index contributed by atoms with van der Waals surface area (Å²) in [4.78, 5) is 14.6. The Morgan fingerprint density at radius 1 is 1.35 bits per heavy atom. The van der Waals surface area contributed by atoms with E-state index >= 15 is 0 Å². The molecule has 2 aliphatic heterocycles. The first kappa shape index (κ1) is 15.9. The van der Waals surface area contributed by atoms with Crippen molar-refractivity contribution in [1.82, 2.24) is 4.90 Å². The maximum absolute atomic E-state index is 12.7. The standard InChI is InChI=1S/C18H23NO4/c1-3-22-15-7-9-19(10-8-15)18(20)14-11-13-5-4-6-16(21-2)17(13)23-12-14/h4-6,11,15H,3,7-10,12H2,1-2H3. The van der Waals surface area contributed by atoms with Crippen molar-refractivity contribution in [3.63, 3.8) is 0 Å². The maximum atomic E-state index is 12.7. The number of amides is 1. The lowest BCUT2D eigenvalue weighted by atomic mass is 10.0. The first-order valence-electron chi connectivity index (χ1n) is 8.14. The highest BCUT2D eigenvalue weighted by molar-refractivity contribution is 5.99. The minimum atomic E-state index is 0.0634. The highest BCUT2D eigenvalue weighted by Crippen LogP contribution is 2.35. The van der Waals surface area contributed by atoms with Crippen molar-refractivity contribution in [3.05, 3.63) is 29.3 Å². The predicted octanol–water partition coefficient (Wildman–Crippen LogP) is 2.50. The lowest BCUT2D eigenvalue weighted by Gasteiger charge is -2.33. The van der Waals surface area contributed by atoms with E-state index in [0.717, 1.165) is 38.1 Å². The number of carbonyl (C=O) groups excluding carboxylic acids is 1. The van der Waals surface area contributed by atoms with Gasteiger partial charge in [0.25, 0.3) is 5.91 Å². The Morgan fingerprint density at radius 3 is 2.83 bits per heavy atom. The number of rotatable bonds is 4. The van der Waals surface area contributed by atoms with Gasteiger partial charge in [-0.25, -0.2) is 0 Å². The first-order chi connectivity index (χ1) is 11.2. The Labute approximate surface area is 136 Å². The topological polar surface area (TPSA) is 48.0 Å². The summed E-state index contributed by atoms with van der Waals surface area (Å²) in [7, 11) is 1.62. The summed E-state index contributed by atoms with van der Waals surface area (Å²) < 4.78 is 16.7. The van der Waals surface area contributed by atoms with Gasteiger partial charge in [0.2, 0.25) is 0 Å². The number of benzene rings is 1. The van der Waals surface area contributed by atoms with E-state index in [1.54, 1.807) is 7.11 Å². The third kappa shape index (κ3) is 3.34. The van der Waals surface area contributed by atoms with Crippen LogP contribution in [0.4, 0.5) is 0 Å². The molecule has 0 atom stereocenters. The molecule has 0 radical (unpaired) electrons. The molecule has 1 amide bonds. The van der Waals surface area contributed by atoms with E-state index in [4.69, 9.17) is 14.2 Å². The van der Waals surface area contributed by atoms with E-state index in [0.29, 0.717) is 17.1 Å². The molecule has 1 saturated heterocycles. The second kappa shape index (κ2) is 7.04. The molecular formula is C18H23NO4. The lowest BCUT2D eigenvalue weighted by Crippen LogP contribution is -2.42. The van der Waals surface area contributed by atoms with Gasteiger partial charge < -0.3 is 19.1 Å². The quantitative estimate of drug-likeness (QED) is 0.856. The average Bonchev–Trinajstić information content (AvgIpc) is 2.61. The van der Waals surface area contributed by atoms with E-state index in [1.807, 2.05) is 36.1 Å². The minimum absolute atomic E-state index is 0.0634. The van der Waals surface area contributed by atoms with Gasteiger partial charge in [-0.3, -0.25) is 4.79 Å². The van der Waals surface area contributed by atoms with Gasteiger partial charge in [0.05, 0.1) is 18.8 Å². The van der Waals surface area contributed by atoms with Gasteiger partial charge in [0.15, 0.2) is 11.5 Å². The normalized spacial score (nSPS) is 18.0. The molecular weight excluding hydrogens is 294 g/mol. The van der Waals surface area contributed by atoms with Crippen LogP contribution in [-0.4, -0.2) is 50.3 Å². The maximum Gasteiger partial charge on any atom is 0.253 e. The Kier molecular flexibility index (Phi) is 4.86. The Morgan fingerprint density at radius 2 is 2.13 bits per heavy atom. The molecule has 0 N–H and O–H groups in total. The van der Waals surface area contributed by atoms with Crippen LogP contribution < -0.4 is 9.47 Å². The van der Waals surface area contributed by atoms with Crippen molar-refractivity contribution >= 4 is 12.0 Å². The van der Waals surface area contributed by atoms with Gasteiger partial charge >= 0.3 is 0 Å². The Bertz CT molecular complexity index is 603. The summed E-state index contributed by atoms with van der Waals surface area (Å²) in [5.41, 5.74) is 1.59. The zero-order chi connectivity index (χ0) is 16.2. The average molecular weight is 317 g/mol. The highest BCUT2D eigenvalue weighted by atomic mass is 16.5. The van der Waals surface area contributed by atoms with Crippen LogP contribution in [0.25, 0.3) is 6.08 Å². The fourth-order valence-corrected chi connectivity index (χ4v) is 3.13. The lowest BCUT2D eigenvalue weighted by molar-refractivity contribution is -0.130. The molecule has 2 heterocycles. The van der Waals surface area contributed by atoms with Crippen LogP contribution in [0.5, 0.6) is 11.5 Å². The second-order valence-corrected chi connectivity index (χ2v) is 5.78. The molecule has 1 aromatic rings. The van der Waals surface area contributed by atoms with Crippen molar-refractivity contribution < 1.29 is 19.0 Å². The second-order valence-electron chi connectivity index (χ2n) is 5.78. The number of para-hydroxylation sites is 1. The number of hydrogen-bond acceptors (Lipinski definition) is 4. The van der Waals surface area contributed by atoms with Crippen LogP contribution in [0, 0.1) is 0 Å². The summed E-state index contributed by atoms with van der Waals surface area (Å²) in [6.45, 7) is 4.51. The fourth-order valence-electron chi connectivity index (χ4n) is 3.13. The first-order valence-corrected chi connectivity index (χ1v) is 8.14. The van der Waals surface area contributed by atoms with Gasteiger partial charge in [0, 0.05) is 25.3 Å². The number of carbonyl (C=O) groups is 1. The third-order valence-electron chi connectivity index (χ3n) is 4.34. The number of hydrogen-bond donors (Lipinski definition) is 0. The van der Waals surface area contributed by atoms with E-state index < -0.39 is 0 Å². The van der Waals surface area contributed by atoms with Gasteiger partial charge in [-0.05, 0) is 31.9 Å². The zero-order valence-electron chi connectivity index (χ0n) is 13.7. The van der Waals surface area contributed by atoms with Crippen LogP contribution >= 0.6 is 0 Å². The van der Waals surface area contributed by atoms with Crippen LogP contribution in [-0.2, 0) is 9.53 Å². The molecule has 5 heteroatoms. The van der Waals surface area contributed by atoms with Crippen molar-refractivity contribution in [3.8, 4) is 11.5 Å². The van der Waals surface area contributed by atoms with Crippen molar-refractivity contribution in [2.24, 2.45) is 0 Å². The Balaban J connectivity index is 1.70. The highest BCUT2D eigenvalue weighted by Gasteiger charge is 2.27. The van der Waals surface area contributed by atoms with Gasteiger partial charge in [-0.2, -0.15) is 0 Å². The molecule has 0 saturated carbocycles. The smallest absolute Gasteiger partial charge is 0.253 e. The van der Waals surface area contributed by atoms with Crippen molar-refractivity contribution in [2.45, 2.75) is 25.9 Å². The molecule has 0 spiro atoms. The van der Waals surface area contributed by atoms with Gasteiger partial charge in [0.1, 0.15) is 6.61 Å². The van der Waals surface area contributed by atoms with E-state index in [1.165, 1.54) is 0 Å². The van der Waals surface area contributed by atoms with Crippen LogP contribution in [0.3, 0.4) is 0 Å². The molecule has 0 aliphatic carbocycles. The van der Waals surface area contributed by atoms with Crippen LogP contribution in [0.15, 0.2) is 23.8 Å². The number of nitrogens with zero attached hydrogens (tertiary/aromatic N) is 1. The van der Waals surface area contributed by atoms with Crippen molar-refractivity contribution in [2.75, 3.05) is 33.4 Å². The molecule has 124 valence electrons. The van der Waals surface area contributed by atoms with Gasteiger partial charge in [-0.1, -0.05) is 12.1 Å². The number of ether oxygens (including phenoxy) is 3. The third-order valence-corrected chi connectivity index (χ3v) is 4.34. The Hall–Kier alpha value is -2.01. The molecule has 0 unspecified atom stereocenters. The van der Waals surface area contributed by atoms with E-state index in [-0.39, 0.29) is 18.6 Å². The van der Waals surface area contributed by atoms with Gasteiger partial charge in [-0.15, -0.1) is 0 Å². The number of fused-ring (bicyclic) bond motifs is 1.